The molecular formula is C17H21N2+. The highest BCUT2D eigenvalue weighted by atomic mass is 15.3. The standard InChI is InChI=1S/C17H21N2/c1-19(2)11-9-14(10-12-19)7-8-15-13-18-17-6-4-3-5-16(15)17/h3-9,13,18H,10-12H2,1-2H3/q+1/b8-7+. The molecule has 2 heteroatoms. The number of hydrogen-bond acceptors (Lipinski definition) is 0. The second kappa shape index (κ2) is 4.71. The molecule has 98 valence electrons. The van der Waals surface area contributed by atoms with E-state index in [1.54, 1.807) is 0 Å². The first-order chi connectivity index (χ1) is 9.14. The van der Waals surface area contributed by atoms with Gasteiger partial charge in [-0.15, -0.1) is 0 Å². The van der Waals surface area contributed by atoms with Gasteiger partial charge < -0.3 is 9.47 Å². The van der Waals surface area contributed by atoms with E-state index >= 15 is 0 Å². The summed E-state index contributed by atoms with van der Waals surface area (Å²) in [5.74, 6) is 0. The quantitative estimate of drug-likeness (QED) is 0.787. The summed E-state index contributed by atoms with van der Waals surface area (Å²) in [6.07, 6.45) is 10.1. The Morgan fingerprint density at radius 2 is 2.00 bits per heavy atom. The normalized spacial score (nSPS) is 18.9. The van der Waals surface area contributed by atoms with Crippen LogP contribution in [0.15, 0.2) is 48.2 Å². The van der Waals surface area contributed by atoms with Gasteiger partial charge in [0.25, 0.3) is 0 Å². The molecule has 19 heavy (non-hydrogen) atoms. The molecule has 0 fully saturated rings. The number of nitrogens with zero attached hydrogens (tertiary/aromatic N) is 1. The number of benzene rings is 1. The van der Waals surface area contributed by atoms with Gasteiger partial charge in [0.15, 0.2) is 0 Å². The summed E-state index contributed by atoms with van der Waals surface area (Å²) in [7, 11) is 4.58. The van der Waals surface area contributed by atoms with Crippen molar-refractivity contribution in [1.82, 2.24) is 4.98 Å². The number of allylic oxidation sites excluding steroid dienone is 1. The third-order valence-corrected chi connectivity index (χ3v) is 3.95. The van der Waals surface area contributed by atoms with E-state index in [1.807, 2.05) is 0 Å². The van der Waals surface area contributed by atoms with Crippen LogP contribution in [0.2, 0.25) is 0 Å². The Kier molecular flexibility index (Phi) is 3.03. The molecule has 1 aliphatic heterocycles. The lowest BCUT2D eigenvalue weighted by Gasteiger charge is -2.32. The Balaban J connectivity index is 1.82. The van der Waals surface area contributed by atoms with Crippen LogP contribution in [0.1, 0.15) is 12.0 Å². The fourth-order valence-corrected chi connectivity index (χ4v) is 2.57. The zero-order chi connectivity index (χ0) is 13.3. The van der Waals surface area contributed by atoms with E-state index in [4.69, 9.17) is 0 Å². The predicted octanol–water partition coefficient (Wildman–Crippen LogP) is 3.59. The van der Waals surface area contributed by atoms with Crippen molar-refractivity contribution in [1.29, 1.82) is 0 Å². The third kappa shape index (κ3) is 2.64. The van der Waals surface area contributed by atoms with Crippen molar-refractivity contribution in [3.05, 3.63) is 53.8 Å². The van der Waals surface area contributed by atoms with Gasteiger partial charge in [0.05, 0.1) is 27.2 Å². The van der Waals surface area contributed by atoms with Gasteiger partial charge in [-0.3, -0.25) is 0 Å². The van der Waals surface area contributed by atoms with Crippen molar-refractivity contribution in [2.24, 2.45) is 0 Å². The summed E-state index contributed by atoms with van der Waals surface area (Å²) in [6.45, 7) is 2.36. The first kappa shape index (κ1) is 12.2. The van der Waals surface area contributed by atoms with Gasteiger partial charge in [-0.05, 0) is 23.3 Å². The Labute approximate surface area is 114 Å². The van der Waals surface area contributed by atoms with Gasteiger partial charge in [0.2, 0.25) is 0 Å². The van der Waals surface area contributed by atoms with E-state index in [0.717, 1.165) is 11.0 Å². The number of likely N-dealkylation sites (N-methyl/N-ethyl adjacent to an activating group) is 1. The number of quaternary nitrogens is 1. The number of para-hydroxylation sites is 1. The molecule has 1 N–H and O–H groups in total. The zero-order valence-corrected chi connectivity index (χ0v) is 11.7. The average molecular weight is 253 g/mol. The van der Waals surface area contributed by atoms with E-state index in [0.29, 0.717) is 0 Å². The highest BCUT2D eigenvalue weighted by Crippen LogP contribution is 2.21. The summed E-state index contributed by atoms with van der Waals surface area (Å²) < 4.78 is 1.10. The van der Waals surface area contributed by atoms with Crippen LogP contribution in [-0.2, 0) is 0 Å². The lowest BCUT2D eigenvalue weighted by molar-refractivity contribution is -0.885. The molecule has 1 aromatic carbocycles. The SMILES string of the molecule is C[N+]1(C)CC=C(/C=C/c2c[nH]c3ccccc23)CC1. The van der Waals surface area contributed by atoms with Crippen molar-refractivity contribution in [3.8, 4) is 0 Å². The summed E-state index contributed by atoms with van der Waals surface area (Å²) in [5, 5.41) is 1.30. The van der Waals surface area contributed by atoms with E-state index < -0.39 is 0 Å². The maximum atomic E-state index is 3.32. The molecule has 3 rings (SSSR count). The van der Waals surface area contributed by atoms with E-state index in [9.17, 15) is 0 Å². The Bertz CT molecular complexity index is 644. The van der Waals surface area contributed by atoms with Gasteiger partial charge >= 0.3 is 0 Å². The smallest absolute Gasteiger partial charge is 0.0975 e. The first-order valence-electron chi connectivity index (χ1n) is 6.89. The Morgan fingerprint density at radius 3 is 2.79 bits per heavy atom. The molecule has 0 aliphatic carbocycles. The van der Waals surface area contributed by atoms with Crippen molar-refractivity contribution in [2.75, 3.05) is 27.2 Å². The van der Waals surface area contributed by atoms with Crippen LogP contribution in [0.4, 0.5) is 0 Å². The molecule has 0 bridgehead atoms. The van der Waals surface area contributed by atoms with E-state index in [1.165, 1.54) is 35.0 Å². The van der Waals surface area contributed by atoms with Gasteiger partial charge in [0, 0.05) is 23.5 Å². The van der Waals surface area contributed by atoms with Crippen molar-refractivity contribution >= 4 is 17.0 Å². The van der Waals surface area contributed by atoms with Crippen LogP contribution in [-0.4, -0.2) is 36.7 Å². The van der Waals surface area contributed by atoms with Crippen LogP contribution in [0.3, 0.4) is 0 Å². The van der Waals surface area contributed by atoms with Crippen LogP contribution in [0, 0.1) is 0 Å². The minimum atomic E-state index is 1.10. The van der Waals surface area contributed by atoms with Gasteiger partial charge in [-0.2, -0.15) is 0 Å². The zero-order valence-electron chi connectivity index (χ0n) is 11.7. The van der Waals surface area contributed by atoms with Crippen LogP contribution < -0.4 is 0 Å². The molecule has 1 aliphatic rings. The van der Waals surface area contributed by atoms with Crippen LogP contribution in [0.25, 0.3) is 17.0 Å². The molecule has 1 aromatic heterocycles. The molecular weight excluding hydrogens is 232 g/mol. The van der Waals surface area contributed by atoms with Crippen molar-refractivity contribution in [2.45, 2.75) is 6.42 Å². The van der Waals surface area contributed by atoms with Crippen LogP contribution >= 0.6 is 0 Å². The molecule has 0 saturated carbocycles. The number of rotatable bonds is 2. The molecule has 0 radical (unpaired) electrons. The van der Waals surface area contributed by atoms with Crippen LogP contribution in [0.5, 0.6) is 0 Å². The average Bonchev–Trinajstić information content (AvgIpc) is 2.81. The molecule has 2 heterocycles. The van der Waals surface area contributed by atoms with Gasteiger partial charge in [-0.1, -0.05) is 30.4 Å². The monoisotopic (exact) mass is 253 g/mol. The second-order valence-electron chi connectivity index (χ2n) is 5.99. The molecule has 2 aromatic rings. The highest BCUT2D eigenvalue weighted by molar-refractivity contribution is 5.88. The summed E-state index contributed by atoms with van der Waals surface area (Å²) in [6, 6.07) is 8.44. The number of hydrogen-bond donors (Lipinski definition) is 1. The highest BCUT2D eigenvalue weighted by Gasteiger charge is 2.18. The van der Waals surface area contributed by atoms with E-state index in [-0.39, 0.29) is 0 Å². The Morgan fingerprint density at radius 1 is 1.16 bits per heavy atom. The molecule has 0 atom stereocenters. The van der Waals surface area contributed by atoms with Gasteiger partial charge in [0.1, 0.15) is 0 Å². The number of nitrogens with one attached hydrogen (secondary N) is 1. The number of H-pyrrole nitrogens is 1. The Hall–Kier alpha value is -1.80. The fourth-order valence-electron chi connectivity index (χ4n) is 2.57. The minimum Gasteiger partial charge on any atom is -0.361 e. The largest absolute Gasteiger partial charge is 0.361 e. The summed E-state index contributed by atoms with van der Waals surface area (Å²) in [5.41, 5.74) is 3.94. The molecule has 2 nitrogen and oxygen atoms in total. The summed E-state index contributed by atoms with van der Waals surface area (Å²) >= 11 is 0. The van der Waals surface area contributed by atoms with Crippen molar-refractivity contribution < 1.29 is 4.48 Å². The molecule has 0 saturated heterocycles. The predicted molar refractivity (Wildman–Crippen MR) is 81.9 cm³/mol. The van der Waals surface area contributed by atoms with E-state index in [2.05, 4.69) is 67.8 Å². The topological polar surface area (TPSA) is 15.8 Å². The maximum absolute atomic E-state index is 3.32. The molecule has 0 spiro atoms. The third-order valence-electron chi connectivity index (χ3n) is 3.95. The first-order valence-corrected chi connectivity index (χ1v) is 6.89. The lowest BCUT2D eigenvalue weighted by atomic mass is 10.1. The van der Waals surface area contributed by atoms with Crippen molar-refractivity contribution in [3.63, 3.8) is 0 Å². The number of aromatic amines is 1. The summed E-state index contributed by atoms with van der Waals surface area (Å²) in [4.78, 5) is 3.32. The number of aromatic nitrogens is 1. The second-order valence-corrected chi connectivity index (χ2v) is 5.99. The molecule has 0 unspecified atom stereocenters. The van der Waals surface area contributed by atoms with Gasteiger partial charge in [-0.25, -0.2) is 0 Å². The number of fused-ring (bicyclic) bond motifs is 1. The molecule has 0 amide bonds. The maximum Gasteiger partial charge on any atom is 0.0975 e. The lowest BCUT2D eigenvalue weighted by Crippen LogP contribution is -2.42. The fraction of sp³-hybridized carbons (Fsp3) is 0.294. The minimum absolute atomic E-state index is 1.10.